The standard InChI is InChI=1S/C21H22ClN3O2/c1-9-6-14(23)12(4)19(22)18(9)21(27)25-20-11(3)7-15-17(13(20)5)10(2)8-16(26)24-15/h6-8,12,23H,1-5H3,(H,24,26)(H,25,27)/p+1/t12-/m1/s1. The zero-order chi connectivity index (χ0) is 20.0. The summed E-state index contributed by atoms with van der Waals surface area (Å²) in [4.78, 5) is 27.6. The van der Waals surface area contributed by atoms with E-state index in [-0.39, 0.29) is 17.4 Å². The topological polar surface area (TPSA) is 87.5 Å². The van der Waals surface area contributed by atoms with Gasteiger partial charge in [-0.25, -0.2) is 0 Å². The first kappa shape index (κ1) is 19.1. The molecule has 1 aliphatic rings. The average molecular weight is 385 g/mol. The first-order valence-electron chi connectivity index (χ1n) is 8.77. The van der Waals surface area contributed by atoms with Gasteiger partial charge in [0.2, 0.25) is 5.56 Å². The molecule has 2 aromatic rings. The van der Waals surface area contributed by atoms with E-state index in [1.54, 1.807) is 12.1 Å². The number of hydrogen-bond acceptors (Lipinski definition) is 2. The molecule has 1 aromatic carbocycles. The van der Waals surface area contributed by atoms with Gasteiger partial charge in [0.25, 0.3) is 5.91 Å². The number of amides is 1. The van der Waals surface area contributed by atoms with E-state index in [2.05, 4.69) is 10.3 Å². The molecule has 27 heavy (non-hydrogen) atoms. The molecule has 1 aromatic heterocycles. The lowest BCUT2D eigenvalue weighted by Crippen LogP contribution is -2.44. The molecule has 1 aliphatic carbocycles. The number of halogens is 1. The Kier molecular flexibility index (Phi) is 4.82. The molecule has 1 amide bonds. The normalized spacial score (nSPS) is 17.3. The second-order valence-corrected chi connectivity index (χ2v) is 7.57. The Morgan fingerprint density at radius 1 is 1.19 bits per heavy atom. The largest absolute Gasteiger partial charge is 0.322 e. The summed E-state index contributed by atoms with van der Waals surface area (Å²) in [6, 6.07) is 3.43. The number of aromatic amines is 1. The first-order chi connectivity index (χ1) is 12.6. The number of nitrogens with one attached hydrogen (secondary N) is 2. The lowest BCUT2D eigenvalue weighted by molar-refractivity contribution is -0.116. The van der Waals surface area contributed by atoms with Crippen LogP contribution >= 0.6 is 11.6 Å². The fourth-order valence-corrected chi connectivity index (χ4v) is 4.04. The Morgan fingerprint density at radius 2 is 1.85 bits per heavy atom. The van der Waals surface area contributed by atoms with Crippen molar-refractivity contribution in [1.82, 2.24) is 4.98 Å². The summed E-state index contributed by atoms with van der Waals surface area (Å²) in [5.41, 5.74) is 5.81. The number of aryl methyl sites for hydroxylation is 3. The van der Waals surface area contributed by atoms with Crippen molar-refractivity contribution in [3.8, 4) is 0 Å². The Hall–Kier alpha value is -2.66. The maximum atomic E-state index is 13.0. The number of pyridine rings is 1. The van der Waals surface area contributed by atoms with Crippen LogP contribution in [-0.2, 0) is 4.79 Å². The number of carbonyl (C=O) groups excluding carboxylic acids is 1. The minimum Gasteiger partial charge on any atom is -0.322 e. The number of anilines is 1. The van der Waals surface area contributed by atoms with Gasteiger partial charge in [-0.1, -0.05) is 11.6 Å². The molecule has 4 N–H and O–H groups in total. The van der Waals surface area contributed by atoms with Gasteiger partial charge in [-0.2, -0.15) is 0 Å². The molecule has 0 radical (unpaired) electrons. The van der Waals surface area contributed by atoms with Gasteiger partial charge in [0.1, 0.15) is 0 Å². The number of H-pyrrole nitrogens is 1. The molecular formula is C21H23ClN3O2+. The third-order valence-electron chi connectivity index (χ3n) is 5.14. The van der Waals surface area contributed by atoms with Crippen LogP contribution in [0.1, 0.15) is 30.5 Å². The van der Waals surface area contributed by atoms with Crippen LogP contribution in [0.15, 0.2) is 39.2 Å². The highest BCUT2D eigenvalue weighted by Crippen LogP contribution is 2.33. The quantitative estimate of drug-likeness (QED) is 0.743. The van der Waals surface area contributed by atoms with Gasteiger partial charge in [0, 0.05) is 33.8 Å². The van der Waals surface area contributed by atoms with Gasteiger partial charge in [0.05, 0.1) is 11.5 Å². The minimum absolute atomic E-state index is 0.140. The maximum Gasteiger partial charge on any atom is 0.257 e. The van der Waals surface area contributed by atoms with Crippen LogP contribution in [-0.4, -0.2) is 16.6 Å². The Balaban J connectivity index is 2.10. The van der Waals surface area contributed by atoms with Crippen molar-refractivity contribution in [1.29, 1.82) is 0 Å². The predicted octanol–water partition coefficient (Wildman–Crippen LogP) is 2.68. The van der Waals surface area contributed by atoms with E-state index in [1.807, 2.05) is 40.7 Å². The van der Waals surface area contributed by atoms with Crippen LogP contribution in [0.2, 0.25) is 0 Å². The van der Waals surface area contributed by atoms with Gasteiger partial charge >= 0.3 is 0 Å². The molecule has 5 nitrogen and oxygen atoms in total. The summed E-state index contributed by atoms with van der Waals surface area (Å²) in [5.74, 6) is -0.456. The number of benzene rings is 1. The summed E-state index contributed by atoms with van der Waals surface area (Å²) in [6.45, 7) is 9.42. The Labute approximate surface area is 162 Å². The van der Waals surface area contributed by atoms with Gasteiger partial charge in [-0.15, -0.1) is 0 Å². The number of carbonyl (C=O) groups is 1. The number of allylic oxidation sites excluding steroid dienone is 2. The monoisotopic (exact) mass is 384 g/mol. The van der Waals surface area contributed by atoms with E-state index >= 15 is 0 Å². The van der Waals surface area contributed by atoms with E-state index in [9.17, 15) is 9.59 Å². The highest BCUT2D eigenvalue weighted by Gasteiger charge is 2.29. The van der Waals surface area contributed by atoms with Crippen LogP contribution in [0.4, 0.5) is 5.69 Å². The molecule has 0 unspecified atom stereocenters. The molecule has 0 saturated carbocycles. The predicted molar refractivity (Wildman–Crippen MR) is 110 cm³/mol. The molecule has 0 fully saturated rings. The molecule has 140 valence electrons. The smallest absolute Gasteiger partial charge is 0.257 e. The number of rotatable bonds is 2. The second kappa shape index (κ2) is 6.82. The number of aromatic nitrogens is 1. The van der Waals surface area contributed by atoms with Crippen LogP contribution < -0.4 is 16.3 Å². The summed E-state index contributed by atoms with van der Waals surface area (Å²) in [7, 11) is 0. The zero-order valence-electron chi connectivity index (χ0n) is 16.1. The van der Waals surface area contributed by atoms with Crippen molar-refractivity contribution < 1.29 is 10.2 Å². The highest BCUT2D eigenvalue weighted by molar-refractivity contribution is 6.36. The van der Waals surface area contributed by atoms with Crippen molar-refractivity contribution in [2.75, 3.05) is 5.32 Å². The molecule has 1 heterocycles. The molecule has 1 atom stereocenters. The van der Waals surface area contributed by atoms with Crippen LogP contribution in [0, 0.1) is 26.7 Å². The molecular weight excluding hydrogens is 362 g/mol. The van der Waals surface area contributed by atoms with Crippen LogP contribution in [0.3, 0.4) is 0 Å². The second-order valence-electron chi connectivity index (χ2n) is 7.16. The summed E-state index contributed by atoms with van der Waals surface area (Å²) in [5, 5.41) is 10.4. The van der Waals surface area contributed by atoms with Crippen molar-refractivity contribution in [2.24, 2.45) is 5.92 Å². The molecule has 0 spiro atoms. The minimum atomic E-state index is -0.263. The average Bonchev–Trinajstić information content (AvgIpc) is 2.55. The van der Waals surface area contributed by atoms with E-state index in [0.29, 0.717) is 16.3 Å². The number of fused-ring (bicyclic) bond motifs is 1. The van der Waals surface area contributed by atoms with Gasteiger partial charge < -0.3 is 10.3 Å². The lowest BCUT2D eigenvalue weighted by atomic mass is 9.89. The maximum absolute atomic E-state index is 13.0. The molecule has 0 aliphatic heterocycles. The summed E-state index contributed by atoms with van der Waals surface area (Å²) in [6.07, 6.45) is 1.79. The summed E-state index contributed by atoms with van der Waals surface area (Å²) < 4.78 is 0. The van der Waals surface area contributed by atoms with Crippen molar-refractivity contribution in [2.45, 2.75) is 34.6 Å². The van der Waals surface area contributed by atoms with Crippen LogP contribution in [0.25, 0.3) is 10.9 Å². The highest BCUT2D eigenvalue weighted by atomic mass is 35.5. The van der Waals surface area contributed by atoms with Crippen molar-refractivity contribution in [3.63, 3.8) is 0 Å². The van der Waals surface area contributed by atoms with E-state index in [1.165, 1.54) is 0 Å². The van der Waals surface area contributed by atoms with Gasteiger partial charge in [-0.3, -0.25) is 15.0 Å². The van der Waals surface area contributed by atoms with Gasteiger partial charge in [0.15, 0.2) is 5.71 Å². The first-order valence-corrected chi connectivity index (χ1v) is 9.15. The third kappa shape index (κ3) is 3.23. The molecule has 0 bridgehead atoms. The fraction of sp³-hybridized carbons (Fsp3) is 0.286. The third-order valence-corrected chi connectivity index (χ3v) is 5.65. The van der Waals surface area contributed by atoms with Gasteiger partial charge in [-0.05, 0) is 62.9 Å². The number of nitrogens with two attached hydrogens (primary N) is 1. The Morgan fingerprint density at radius 3 is 2.52 bits per heavy atom. The Bertz CT molecular complexity index is 1120. The van der Waals surface area contributed by atoms with Crippen molar-refractivity contribution in [3.05, 3.63) is 61.4 Å². The zero-order valence-corrected chi connectivity index (χ0v) is 16.8. The van der Waals surface area contributed by atoms with Crippen LogP contribution in [0.5, 0.6) is 0 Å². The fourth-order valence-electron chi connectivity index (χ4n) is 3.68. The lowest BCUT2D eigenvalue weighted by Gasteiger charge is -2.21. The van der Waals surface area contributed by atoms with Crippen molar-refractivity contribution >= 4 is 39.8 Å². The SMILES string of the molecule is CC1=CC(=[NH2+])[C@@H](C)C(Cl)=C1C(=O)Nc1c(C)cc2[nH]c(=O)cc(C)c2c1C. The molecule has 0 saturated heterocycles. The van der Waals surface area contributed by atoms with E-state index < -0.39 is 0 Å². The van der Waals surface area contributed by atoms with E-state index in [4.69, 9.17) is 17.0 Å². The molecule has 6 heteroatoms. The molecule has 3 rings (SSSR count). The number of hydrogen-bond donors (Lipinski definition) is 3. The van der Waals surface area contributed by atoms with E-state index in [0.717, 1.165) is 38.9 Å². The summed E-state index contributed by atoms with van der Waals surface area (Å²) >= 11 is 6.44.